The van der Waals surface area contributed by atoms with Crippen molar-refractivity contribution >= 4 is 5.91 Å². The Morgan fingerprint density at radius 2 is 2.15 bits per heavy atom. The van der Waals surface area contributed by atoms with E-state index in [1.54, 1.807) is 6.20 Å². The van der Waals surface area contributed by atoms with Crippen molar-refractivity contribution in [2.75, 3.05) is 6.54 Å². The minimum absolute atomic E-state index is 0.167. The van der Waals surface area contributed by atoms with Crippen LogP contribution in [0.4, 0.5) is 0 Å². The highest BCUT2D eigenvalue weighted by Crippen LogP contribution is 2.12. The number of nitrogens with one attached hydrogen (secondary N) is 1. The van der Waals surface area contributed by atoms with Crippen LogP contribution in [0.25, 0.3) is 0 Å². The van der Waals surface area contributed by atoms with Gasteiger partial charge in [0.05, 0.1) is 30.5 Å². The first-order valence-corrected chi connectivity index (χ1v) is 6.56. The summed E-state index contributed by atoms with van der Waals surface area (Å²) in [6.07, 6.45) is 7.49. The molecule has 4 nitrogen and oxygen atoms in total. The SMILES string of the molecule is C#CCNC(=O)c1cnn(Cc2ccccc2)c1CC. The van der Waals surface area contributed by atoms with E-state index < -0.39 is 0 Å². The molecule has 2 aromatic rings. The molecule has 1 aromatic heterocycles. The third-order valence-electron chi connectivity index (χ3n) is 3.05. The summed E-state index contributed by atoms with van der Waals surface area (Å²) in [4.78, 5) is 12.0. The fourth-order valence-electron chi connectivity index (χ4n) is 2.09. The van der Waals surface area contributed by atoms with Crippen LogP contribution in [0.1, 0.15) is 28.5 Å². The summed E-state index contributed by atoms with van der Waals surface area (Å²) in [5.41, 5.74) is 2.67. The Morgan fingerprint density at radius 3 is 2.80 bits per heavy atom. The van der Waals surface area contributed by atoms with Crippen molar-refractivity contribution in [1.82, 2.24) is 15.1 Å². The molecule has 0 spiro atoms. The Bertz CT molecular complexity index is 623. The van der Waals surface area contributed by atoms with Crippen molar-refractivity contribution in [3.05, 3.63) is 53.3 Å². The molecule has 1 N–H and O–H groups in total. The molecule has 0 aliphatic carbocycles. The van der Waals surface area contributed by atoms with Gasteiger partial charge >= 0.3 is 0 Å². The molecule has 0 aliphatic rings. The van der Waals surface area contributed by atoms with Gasteiger partial charge in [0.15, 0.2) is 0 Å². The summed E-state index contributed by atoms with van der Waals surface area (Å²) >= 11 is 0. The zero-order chi connectivity index (χ0) is 14.4. The fourth-order valence-corrected chi connectivity index (χ4v) is 2.09. The first-order chi connectivity index (χ1) is 9.76. The summed E-state index contributed by atoms with van der Waals surface area (Å²) in [5, 5.41) is 6.99. The molecular formula is C16H17N3O. The molecule has 0 saturated heterocycles. The number of hydrogen-bond acceptors (Lipinski definition) is 2. The van der Waals surface area contributed by atoms with Crippen LogP contribution in [0.15, 0.2) is 36.5 Å². The molecule has 0 unspecified atom stereocenters. The van der Waals surface area contributed by atoms with E-state index in [0.29, 0.717) is 12.1 Å². The van der Waals surface area contributed by atoms with Gasteiger partial charge in [0, 0.05) is 0 Å². The lowest BCUT2D eigenvalue weighted by Gasteiger charge is -2.08. The van der Waals surface area contributed by atoms with Crippen molar-refractivity contribution in [3.63, 3.8) is 0 Å². The van der Waals surface area contributed by atoms with Gasteiger partial charge in [-0.25, -0.2) is 0 Å². The maximum absolute atomic E-state index is 12.0. The average Bonchev–Trinajstić information content (AvgIpc) is 2.88. The van der Waals surface area contributed by atoms with Gasteiger partial charge in [0.25, 0.3) is 5.91 Å². The first kappa shape index (κ1) is 13.9. The number of benzene rings is 1. The number of terminal acetylenes is 1. The van der Waals surface area contributed by atoms with Gasteiger partial charge in [-0.1, -0.05) is 43.2 Å². The molecule has 20 heavy (non-hydrogen) atoms. The van der Waals surface area contributed by atoms with Crippen molar-refractivity contribution in [2.45, 2.75) is 19.9 Å². The van der Waals surface area contributed by atoms with E-state index in [-0.39, 0.29) is 12.5 Å². The molecule has 0 saturated carbocycles. The summed E-state index contributed by atoms with van der Waals surface area (Å²) in [5.74, 6) is 2.23. The highest BCUT2D eigenvalue weighted by Gasteiger charge is 2.15. The molecule has 0 aliphatic heterocycles. The normalized spacial score (nSPS) is 10.0. The van der Waals surface area contributed by atoms with Crippen molar-refractivity contribution in [1.29, 1.82) is 0 Å². The van der Waals surface area contributed by atoms with E-state index in [9.17, 15) is 4.79 Å². The Kier molecular flexibility index (Phi) is 4.56. The van der Waals surface area contributed by atoms with Gasteiger partial charge in [0.1, 0.15) is 0 Å². The second-order valence-electron chi connectivity index (χ2n) is 4.39. The lowest BCUT2D eigenvalue weighted by molar-refractivity contribution is 0.0957. The van der Waals surface area contributed by atoms with Crippen molar-refractivity contribution in [2.24, 2.45) is 0 Å². The van der Waals surface area contributed by atoms with E-state index >= 15 is 0 Å². The number of aromatic nitrogens is 2. The number of carbonyl (C=O) groups is 1. The molecule has 0 bridgehead atoms. The van der Waals surface area contributed by atoms with E-state index in [1.165, 1.54) is 0 Å². The molecule has 1 amide bonds. The van der Waals surface area contributed by atoms with E-state index in [1.807, 2.05) is 41.9 Å². The molecule has 0 fully saturated rings. The number of rotatable bonds is 5. The predicted octanol–water partition coefficient (Wildman–Crippen LogP) is 1.86. The number of amides is 1. The van der Waals surface area contributed by atoms with Gasteiger partial charge in [-0.2, -0.15) is 5.10 Å². The largest absolute Gasteiger partial charge is 0.341 e. The summed E-state index contributed by atoms with van der Waals surface area (Å²) < 4.78 is 1.86. The van der Waals surface area contributed by atoms with E-state index in [4.69, 9.17) is 6.42 Å². The lowest BCUT2D eigenvalue weighted by Crippen LogP contribution is -2.24. The van der Waals surface area contributed by atoms with Crippen LogP contribution in [-0.2, 0) is 13.0 Å². The second-order valence-corrected chi connectivity index (χ2v) is 4.39. The maximum atomic E-state index is 12.0. The third-order valence-corrected chi connectivity index (χ3v) is 3.05. The fraction of sp³-hybridized carbons (Fsp3) is 0.250. The van der Waals surface area contributed by atoms with Crippen LogP contribution in [0.2, 0.25) is 0 Å². The van der Waals surface area contributed by atoms with Gasteiger partial charge in [-0.3, -0.25) is 9.48 Å². The topological polar surface area (TPSA) is 46.9 Å². The summed E-state index contributed by atoms with van der Waals surface area (Å²) in [6, 6.07) is 10.0. The standard InChI is InChI=1S/C16H17N3O/c1-3-10-17-16(20)14-11-18-19(15(14)4-2)12-13-8-6-5-7-9-13/h1,5-9,11H,4,10,12H2,2H3,(H,17,20). The van der Waals surface area contributed by atoms with Crippen LogP contribution >= 0.6 is 0 Å². The lowest BCUT2D eigenvalue weighted by atomic mass is 10.1. The van der Waals surface area contributed by atoms with E-state index in [0.717, 1.165) is 17.7 Å². The summed E-state index contributed by atoms with van der Waals surface area (Å²) in [6.45, 7) is 2.90. The van der Waals surface area contributed by atoms with Gasteiger partial charge < -0.3 is 5.32 Å². The van der Waals surface area contributed by atoms with Crippen LogP contribution in [-0.4, -0.2) is 22.2 Å². The maximum Gasteiger partial charge on any atom is 0.255 e. The molecule has 4 heteroatoms. The Hall–Kier alpha value is -2.54. The Labute approximate surface area is 118 Å². The number of hydrogen-bond donors (Lipinski definition) is 1. The molecule has 0 atom stereocenters. The highest BCUT2D eigenvalue weighted by atomic mass is 16.1. The minimum Gasteiger partial charge on any atom is -0.341 e. The van der Waals surface area contributed by atoms with Gasteiger partial charge in [-0.05, 0) is 12.0 Å². The van der Waals surface area contributed by atoms with Gasteiger partial charge in [0.2, 0.25) is 0 Å². The minimum atomic E-state index is -0.167. The van der Waals surface area contributed by atoms with Crippen LogP contribution in [0, 0.1) is 12.3 Å². The van der Waals surface area contributed by atoms with Crippen molar-refractivity contribution in [3.8, 4) is 12.3 Å². The predicted molar refractivity (Wildman–Crippen MR) is 78.3 cm³/mol. The van der Waals surface area contributed by atoms with Crippen LogP contribution in [0.3, 0.4) is 0 Å². The smallest absolute Gasteiger partial charge is 0.255 e. The van der Waals surface area contributed by atoms with E-state index in [2.05, 4.69) is 16.3 Å². The monoisotopic (exact) mass is 267 g/mol. The molecule has 0 radical (unpaired) electrons. The quantitative estimate of drug-likeness (QED) is 0.840. The Balaban J connectivity index is 2.21. The number of carbonyl (C=O) groups excluding carboxylic acids is 1. The molecule has 102 valence electrons. The zero-order valence-corrected chi connectivity index (χ0v) is 11.5. The molecule has 1 heterocycles. The third kappa shape index (κ3) is 3.07. The highest BCUT2D eigenvalue weighted by molar-refractivity contribution is 5.95. The van der Waals surface area contributed by atoms with Crippen LogP contribution in [0.5, 0.6) is 0 Å². The first-order valence-electron chi connectivity index (χ1n) is 6.56. The molecular weight excluding hydrogens is 250 g/mol. The zero-order valence-electron chi connectivity index (χ0n) is 11.5. The van der Waals surface area contributed by atoms with Gasteiger partial charge in [-0.15, -0.1) is 6.42 Å². The average molecular weight is 267 g/mol. The Morgan fingerprint density at radius 1 is 1.40 bits per heavy atom. The molecule has 2 rings (SSSR count). The van der Waals surface area contributed by atoms with Crippen LogP contribution < -0.4 is 5.32 Å². The summed E-state index contributed by atoms with van der Waals surface area (Å²) in [7, 11) is 0. The van der Waals surface area contributed by atoms with Crippen molar-refractivity contribution < 1.29 is 4.79 Å². The number of nitrogens with zero attached hydrogens (tertiary/aromatic N) is 2. The second kappa shape index (κ2) is 6.58. The molecule has 1 aromatic carbocycles.